The van der Waals surface area contributed by atoms with Crippen LogP contribution in [0.3, 0.4) is 0 Å². The van der Waals surface area contributed by atoms with Crippen LogP contribution in [0, 0.1) is 6.92 Å². The van der Waals surface area contributed by atoms with Crippen molar-refractivity contribution in [2.24, 2.45) is 0 Å². The summed E-state index contributed by atoms with van der Waals surface area (Å²) in [5, 5.41) is 6.33. The molecule has 0 amide bonds. The first-order valence-electron chi connectivity index (χ1n) is 9.98. The molecule has 0 radical (unpaired) electrons. The van der Waals surface area contributed by atoms with E-state index in [1.165, 1.54) is 15.6 Å². The smallest absolute Gasteiger partial charge is 0.230 e. The summed E-state index contributed by atoms with van der Waals surface area (Å²) in [5.41, 5.74) is 5.57. The fourth-order valence-corrected chi connectivity index (χ4v) is 5.37. The van der Waals surface area contributed by atoms with Gasteiger partial charge in [-0.15, -0.1) is 11.3 Å². The molecule has 0 bridgehead atoms. The number of thiophene rings is 1. The van der Waals surface area contributed by atoms with Gasteiger partial charge in [0.05, 0.1) is 11.1 Å². The van der Waals surface area contributed by atoms with Gasteiger partial charge in [0.15, 0.2) is 0 Å². The van der Waals surface area contributed by atoms with Gasteiger partial charge < -0.3 is 8.83 Å². The minimum atomic E-state index is 0.0293. The Balaban J connectivity index is 1.71. The molecule has 0 aliphatic carbocycles. The average molecular weight is 413 g/mol. The second kappa shape index (κ2) is 5.92. The normalized spacial score (nSPS) is 12.7. The van der Waals surface area contributed by atoms with E-state index in [4.69, 9.17) is 13.8 Å². The molecule has 4 aromatic heterocycles. The van der Waals surface area contributed by atoms with E-state index in [0.29, 0.717) is 5.71 Å². The summed E-state index contributed by atoms with van der Waals surface area (Å²) >= 11 is 1.79. The van der Waals surface area contributed by atoms with E-state index in [1.807, 2.05) is 25.1 Å². The van der Waals surface area contributed by atoms with Crippen molar-refractivity contribution in [1.82, 2.24) is 9.97 Å². The number of fused-ring (bicyclic) bond motifs is 5. The third kappa shape index (κ3) is 2.52. The molecule has 0 aliphatic rings. The monoisotopic (exact) mass is 412 g/mol. The summed E-state index contributed by atoms with van der Waals surface area (Å²) in [6.07, 6.45) is 1.59. The fourth-order valence-electron chi connectivity index (χ4n) is 4.27. The van der Waals surface area contributed by atoms with Gasteiger partial charge in [-0.05, 0) is 65.1 Å². The van der Waals surface area contributed by atoms with E-state index in [9.17, 15) is 0 Å². The topological polar surface area (TPSA) is 52.1 Å². The minimum absolute atomic E-state index is 0.0293. The Morgan fingerprint density at radius 3 is 2.60 bits per heavy atom. The number of hydrogen-bond acceptors (Lipinski definition) is 5. The van der Waals surface area contributed by atoms with Crippen LogP contribution in [0.15, 0.2) is 56.9 Å². The van der Waals surface area contributed by atoms with Crippen molar-refractivity contribution in [1.29, 1.82) is 0 Å². The van der Waals surface area contributed by atoms with Crippen LogP contribution in [0.1, 0.15) is 32.1 Å². The second-order valence-electron chi connectivity index (χ2n) is 8.86. The van der Waals surface area contributed by atoms with Gasteiger partial charge in [-0.25, -0.2) is 9.97 Å². The van der Waals surface area contributed by atoms with Crippen molar-refractivity contribution in [2.45, 2.75) is 33.1 Å². The number of benzene rings is 2. The molecule has 0 saturated heterocycles. The van der Waals surface area contributed by atoms with Crippen molar-refractivity contribution >= 4 is 54.5 Å². The van der Waals surface area contributed by atoms with Crippen LogP contribution in [0.25, 0.3) is 54.4 Å². The van der Waals surface area contributed by atoms with Crippen molar-refractivity contribution in [3.63, 3.8) is 0 Å². The molecule has 6 aromatic rings. The van der Waals surface area contributed by atoms with Gasteiger partial charge >= 0.3 is 0 Å². The van der Waals surface area contributed by atoms with E-state index >= 15 is 0 Å². The third-order valence-corrected chi connectivity index (χ3v) is 6.63. The molecular weight excluding hydrogens is 392 g/mol. The molecule has 148 valence electrons. The molecular formula is C25H20N2O2S. The molecule has 4 heterocycles. The van der Waals surface area contributed by atoms with Crippen LogP contribution >= 0.6 is 11.3 Å². The first-order valence-corrected chi connectivity index (χ1v) is 10.9. The fraction of sp³-hybridized carbons (Fsp3) is 0.200. The summed E-state index contributed by atoms with van der Waals surface area (Å²) < 4.78 is 13.3. The van der Waals surface area contributed by atoms with E-state index in [1.54, 1.807) is 17.7 Å². The molecule has 2 aromatic carbocycles. The van der Waals surface area contributed by atoms with Gasteiger partial charge in [-0.2, -0.15) is 0 Å². The largest absolute Gasteiger partial charge is 0.461 e. The summed E-state index contributed by atoms with van der Waals surface area (Å²) in [6.45, 7) is 8.72. The summed E-state index contributed by atoms with van der Waals surface area (Å²) in [5.74, 6) is 0.885. The highest BCUT2D eigenvalue weighted by atomic mass is 32.1. The van der Waals surface area contributed by atoms with Gasteiger partial charge in [0.2, 0.25) is 5.71 Å². The Hall–Kier alpha value is -3.18. The molecule has 0 aliphatic heterocycles. The number of rotatable bonds is 1. The van der Waals surface area contributed by atoms with E-state index < -0.39 is 0 Å². The van der Waals surface area contributed by atoms with Gasteiger partial charge in [-0.1, -0.05) is 20.8 Å². The standard InChI is InChI=1S/C25H20N2O2S/c1-13-7-15-10-20-17(11-19(15)28-13)21-22(26-12-27-24(21)29-20)16-8-14-5-6-30-23(14)18(9-16)25(2,3)4/h5-12H,1-4H3. The lowest BCUT2D eigenvalue weighted by Crippen LogP contribution is -2.11. The summed E-state index contributed by atoms with van der Waals surface area (Å²) in [6, 6.07) is 12.8. The highest BCUT2D eigenvalue weighted by Gasteiger charge is 2.22. The Bertz CT molecular complexity index is 1590. The first kappa shape index (κ1) is 17.7. The van der Waals surface area contributed by atoms with E-state index in [0.717, 1.165) is 44.3 Å². The Kier molecular flexibility index (Phi) is 3.49. The lowest BCUT2D eigenvalue weighted by molar-refractivity contribution is 0.579. The maximum Gasteiger partial charge on any atom is 0.230 e. The van der Waals surface area contributed by atoms with Crippen LogP contribution in [0.2, 0.25) is 0 Å². The highest BCUT2D eigenvalue weighted by Crippen LogP contribution is 2.41. The van der Waals surface area contributed by atoms with Crippen LogP contribution in [-0.2, 0) is 5.41 Å². The van der Waals surface area contributed by atoms with Crippen molar-refractivity contribution in [2.75, 3.05) is 0 Å². The highest BCUT2D eigenvalue weighted by molar-refractivity contribution is 7.17. The summed E-state index contributed by atoms with van der Waals surface area (Å²) in [7, 11) is 0. The summed E-state index contributed by atoms with van der Waals surface area (Å²) in [4.78, 5) is 9.12. The van der Waals surface area contributed by atoms with Crippen LogP contribution in [-0.4, -0.2) is 9.97 Å². The zero-order valence-corrected chi connectivity index (χ0v) is 18.1. The number of aromatic nitrogens is 2. The number of nitrogens with zero attached hydrogens (tertiary/aromatic N) is 2. The minimum Gasteiger partial charge on any atom is -0.461 e. The molecule has 0 unspecified atom stereocenters. The zero-order valence-electron chi connectivity index (χ0n) is 17.2. The Labute approximate surface area is 177 Å². The molecule has 4 nitrogen and oxygen atoms in total. The first-order chi connectivity index (χ1) is 14.4. The Morgan fingerprint density at radius 2 is 1.77 bits per heavy atom. The van der Waals surface area contributed by atoms with Gasteiger partial charge in [0.1, 0.15) is 23.3 Å². The molecule has 0 N–H and O–H groups in total. The quantitative estimate of drug-likeness (QED) is 0.279. The molecule has 0 saturated carbocycles. The number of hydrogen-bond donors (Lipinski definition) is 0. The molecule has 0 atom stereocenters. The molecule has 0 fully saturated rings. The third-order valence-electron chi connectivity index (χ3n) is 5.66. The van der Waals surface area contributed by atoms with Crippen LogP contribution in [0.5, 0.6) is 0 Å². The molecule has 0 spiro atoms. The van der Waals surface area contributed by atoms with E-state index in [2.05, 4.69) is 49.3 Å². The van der Waals surface area contributed by atoms with Crippen molar-refractivity contribution < 1.29 is 8.83 Å². The SMILES string of the molecule is Cc1cc2cc3oc4ncnc(-c5cc(C(C)(C)C)c6sccc6c5)c4c3cc2o1. The maximum atomic E-state index is 6.11. The second-order valence-corrected chi connectivity index (χ2v) is 9.78. The van der Waals surface area contributed by atoms with Gasteiger partial charge in [-0.3, -0.25) is 0 Å². The molecule has 30 heavy (non-hydrogen) atoms. The zero-order chi connectivity index (χ0) is 20.6. The van der Waals surface area contributed by atoms with Gasteiger partial charge in [0.25, 0.3) is 0 Å². The van der Waals surface area contributed by atoms with Crippen LogP contribution in [0.4, 0.5) is 0 Å². The van der Waals surface area contributed by atoms with Crippen molar-refractivity contribution in [3.05, 3.63) is 59.4 Å². The maximum absolute atomic E-state index is 6.11. The lowest BCUT2D eigenvalue weighted by Gasteiger charge is -2.21. The van der Waals surface area contributed by atoms with E-state index in [-0.39, 0.29) is 5.41 Å². The predicted molar refractivity (Wildman–Crippen MR) is 123 cm³/mol. The van der Waals surface area contributed by atoms with Gasteiger partial charge in [0, 0.05) is 21.0 Å². The molecule has 6 rings (SSSR count). The number of furan rings is 2. The van der Waals surface area contributed by atoms with Crippen LogP contribution < -0.4 is 0 Å². The lowest BCUT2D eigenvalue weighted by atomic mass is 9.85. The Morgan fingerprint density at radius 1 is 0.900 bits per heavy atom. The molecule has 5 heteroatoms. The average Bonchev–Trinajstić information content (AvgIpc) is 3.39. The predicted octanol–water partition coefficient (Wildman–Crippen LogP) is 7.61. The number of aryl methyl sites for hydroxylation is 1. The van der Waals surface area contributed by atoms with Crippen molar-refractivity contribution in [3.8, 4) is 11.3 Å².